The minimum Gasteiger partial charge on any atom is -0.379 e. The number of rotatable bonds is 8. The molecule has 0 radical (unpaired) electrons. The molecule has 1 aromatic carbocycles. The standard InChI is InChI=1S/C24H39N5O2/c1-4-25-23(27-19-24(11-7-8-12-24)22(30)28(2)3)26-17-20-9-5-6-10-21(20)18-29-13-15-31-16-14-29/h5-6,9-10H,4,7-8,11-19H2,1-3H3,(H2,25,26,27). The first-order valence-electron chi connectivity index (χ1n) is 11.6. The van der Waals surface area contributed by atoms with Gasteiger partial charge in [0.1, 0.15) is 0 Å². The smallest absolute Gasteiger partial charge is 0.230 e. The molecule has 1 amide bonds. The Hall–Kier alpha value is -2.12. The van der Waals surface area contributed by atoms with E-state index in [4.69, 9.17) is 9.73 Å². The highest BCUT2D eigenvalue weighted by Crippen LogP contribution is 2.38. The summed E-state index contributed by atoms with van der Waals surface area (Å²) in [7, 11) is 3.71. The summed E-state index contributed by atoms with van der Waals surface area (Å²) in [6, 6.07) is 8.54. The Bertz CT molecular complexity index is 737. The van der Waals surface area contributed by atoms with Gasteiger partial charge in [-0.05, 0) is 30.9 Å². The van der Waals surface area contributed by atoms with Crippen LogP contribution < -0.4 is 10.6 Å². The van der Waals surface area contributed by atoms with Gasteiger partial charge in [-0.15, -0.1) is 0 Å². The van der Waals surface area contributed by atoms with E-state index < -0.39 is 0 Å². The number of hydrogen-bond acceptors (Lipinski definition) is 4. The lowest BCUT2D eigenvalue weighted by Crippen LogP contribution is -2.49. The average molecular weight is 430 g/mol. The van der Waals surface area contributed by atoms with Crippen LogP contribution in [0.15, 0.2) is 29.3 Å². The molecule has 172 valence electrons. The van der Waals surface area contributed by atoms with E-state index >= 15 is 0 Å². The summed E-state index contributed by atoms with van der Waals surface area (Å²) in [5.74, 6) is 1.01. The number of carbonyl (C=O) groups excluding carboxylic acids is 1. The largest absolute Gasteiger partial charge is 0.379 e. The molecule has 2 N–H and O–H groups in total. The second-order valence-corrected chi connectivity index (χ2v) is 8.89. The van der Waals surface area contributed by atoms with Gasteiger partial charge < -0.3 is 20.3 Å². The van der Waals surface area contributed by atoms with E-state index in [1.54, 1.807) is 4.90 Å². The van der Waals surface area contributed by atoms with Gasteiger partial charge in [-0.1, -0.05) is 37.1 Å². The monoisotopic (exact) mass is 429 g/mol. The van der Waals surface area contributed by atoms with Crippen LogP contribution in [0.4, 0.5) is 0 Å². The summed E-state index contributed by atoms with van der Waals surface area (Å²) in [4.78, 5) is 21.9. The highest BCUT2D eigenvalue weighted by Gasteiger charge is 2.42. The molecule has 0 aromatic heterocycles. The summed E-state index contributed by atoms with van der Waals surface area (Å²) < 4.78 is 5.48. The van der Waals surface area contributed by atoms with Crippen molar-refractivity contribution in [3.63, 3.8) is 0 Å². The molecule has 1 saturated carbocycles. The average Bonchev–Trinajstić information content (AvgIpc) is 3.27. The van der Waals surface area contributed by atoms with Crippen molar-refractivity contribution in [3.05, 3.63) is 35.4 Å². The molecule has 1 aliphatic heterocycles. The van der Waals surface area contributed by atoms with Crippen LogP contribution in [0.25, 0.3) is 0 Å². The van der Waals surface area contributed by atoms with Crippen LogP contribution >= 0.6 is 0 Å². The van der Waals surface area contributed by atoms with E-state index in [0.717, 1.165) is 71.0 Å². The molecule has 2 aliphatic rings. The normalized spacial score (nSPS) is 19.3. The molecule has 1 saturated heterocycles. The summed E-state index contributed by atoms with van der Waals surface area (Å²) in [5, 5.41) is 6.82. The van der Waals surface area contributed by atoms with Gasteiger partial charge in [-0.25, -0.2) is 4.99 Å². The third kappa shape index (κ3) is 6.43. The Morgan fingerprint density at radius 3 is 2.45 bits per heavy atom. The minimum atomic E-state index is -0.312. The molecule has 3 rings (SSSR count). The maximum absolute atomic E-state index is 12.9. The van der Waals surface area contributed by atoms with Crippen LogP contribution in [-0.2, 0) is 22.6 Å². The number of carbonyl (C=O) groups is 1. The second-order valence-electron chi connectivity index (χ2n) is 8.89. The number of nitrogens with zero attached hydrogens (tertiary/aromatic N) is 3. The van der Waals surface area contributed by atoms with Gasteiger partial charge in [0.25, 0.3) is 0 Å². The highest BCUT2D eigenvalue weighted by molar-refractivity contribution is 5.85. The van der Waals surface area contributed by atoms with Crippen molar-refractivity contribution in [2.75, 3.05) is 53.5 Å². The van der Waals surface area contributed by atoms with E-state index in [1.807, 2.05) is 14.1 Å². The molecular weight excluding hydrogens is 390 g/mol. The molecule has 1 aromatic rings. The van der Waals surface area contributed by atoms with Crippen molar-refractivity contribution in [1.82, 2.24) is 20.4 Å². The Balaban J connectivity index is 1.66. The van der Waals surface area contributed by atoms with Gasteiger partial charge in [0.15, 0.2) is 5.96 Å². The van der Waals surface area contributed by atoms with E-state index in [-0.39, 0.29) is 11.3 Å². The molecule has 0 bridgehead atoms. The van der Waals surface area contributed by atoms with Crippen LogP contribution in [0.2, 0.25) is 0 Å². The maximum atomic E-state index is 12.9. The lowest BCUT2D eigenvalue weighted by Gasteiger charge is -2.31. The number of ether oxygens (including phenoxy) is 1. The minimum absolute atomic E-state index is 0.226. The fraction of sp³-hybridized carbons (Fsp3) is 0.667. The Labute approximate surface area is 187 Å². The van der Waals surface area contributed by atoms with Crippen molar-refractivity contribution in [1.29, 1.82) is 0 Å². The van der Waals surface area contributed by atoms with Crippen molar-refractivity contribution < 1.29 is 9.53 Å². The number of benzene rings is 1. The third-order valence-corrected chi connectivity index (χ3v) is 6.38. The SMILES string of the molecule is CCNC(=NCc1ccccc1CN1CCOCC1)NCC1(C(=O)N(C)C)CCCC1. The van der Waals surface area contributed by atoms with Crippen LogP contribution in [0.3, 0.4) is 0 Å². The van der Waals surface area contributed by atoms with Crippen molar-refractivity contribution in [2.24, 2.45) is 10.4 Å². The van der Waals surface area contributed by atoms with Gasteiger partial charge in [0.05, 0.1) is 25.2 Å². The number of aliphatic imine (C=N–C) groups is 1. The molecule has 1 heterocycles. The Kier molecular flexibility index (Phi) is 8.72. The first kappa shape index (κ1) is 23.5. The summed E-state index contributed by atoms with van der Waals surface area (Å²) in [6.07, 6.45) is 4.12. The van der Waals surface area contributed by atoms with Crippen LogP contribution in [0, 0.1) is 5.41 Å². The molecule has 1 aliphatic carbocycles. The van der Waals surface area contributed by atoms with E-state index in [0.29, 0.717) is 13.1 Å². The number of guanidine groups is 1. The lowest BCUT2D eigenvalue weighted by molar-refractivity contribution is -0.138. The summed E-state index contributed by atoms with van der Waals surface area (Å²) >= 11 is 0. The zero-order valence-electron chi connectivity index (χ0n) is 19.5. The predicted molar refractivity (Wildman–Crippen MR) is 125 cm³/mol. The molecule has 7 nitrogen and oxygen atoms in total. The number of morpholine rings is 1. The van der Waals surface area contributed by atoms with Crippen molar-refractivity contribution in [3.8, 4) is 0 Å². The molecule has 0 atom stereocenters. The summed E-state index contributed by atoms with van der Waals surface area (Å²) in [6.45, 7) is 8.60. The van der Waals surface area contributed by atoms with E-state index in [9.17, 15) is 4.79 Å². The molecular formula is C24H39N5O2. The topological polar surface area (TPSA) is 69.2 Å². The third-order valence-electron chi connectivity index (χ3n) is 6.38. The van der Waals surface area contributed by atoms with Crippen molar-refractivity contribution >= 4 is 11.9 Å². The maximum Gasteiger partial charge on any atom is 0.230 e. The molecule has 0 spiro atoms. The number of amides is 1. The van der Waals surface area contributed by atoms with Crippen LogP contribution in [-0.4, -0.2) is 75.2 Å². The zero-order chi connectivity index (χ0) is 22.1. The molecule has 7 heteroatoms. The second kappa shape index (κ2) is 11.5. The Morgan fingerprint density at radius 2 is 1.81 bits per heavy atom. The first-order valence-corrected chi connectivity index (χ1v) is 11.6. The van der Waals surface area contributed by atoms with Gasteiger partial charge in [0, 0.05) is 46.8 Å². The fourth-order valence-electron chi connectivity index (χ4n) is 4.62. The van der Waals surface area contributed by atoms with E-state index in [2.05, 4.69) is 46.7 Å². The highest BCUT2D eigenvalue weighted by atomic mass is 16.5. The molecule has 2 fully saturated rings. The lowest BCUT2D eigenvalue weighted by atomic mass is 9.84. The molecule has 31 heavy (non-hydrogen) atoms. The van der Waals surface area contributed by atoms with E-state index in [1.165, 1.54) is 11.1 Å². The Morgan fingerprint density at radius 1 is 1.13 bits per heavy atom. The molecule has 0 unspecified atom stereocenters. The summed E-state index contributed by atoms with van der Waals surface area (Å²) in [5.41, 5.74) is 2.25. The van der Waals surface area contributed by atoms with Gasteiger partial charge in [-0.2, -0.15) is 0 Å². The predicted octanol–water partition coefficient (Wildman–Crippen LogP) is 2.22. The number of nitrogens with one attached hydrogen (secondary N) is 2. The van der Waals surface area contributed by atoms with Crippen LogP contribution in [0.1, 0.15) is 43.7 Å². The zero-order valence-corrected chi connectivity index (χ0v) is 19.5. The van der Waals surface area contributed by atoms with Crippen molar-refractivity contribution in [2.45, 2.75) is 45.7 Å². The van der Waals surface area contributed by atoms with Gasteiger partial charge >= 0.3 is 0 Å². The number of hydrogen-bond donors (Lipinski definition) is 2. The van der Waals surface area contributed by atoms with Gasteiger partial charge in [0.2, 0.25) is 5.91 Å². The quantitative estimate of drug-likeness (QED) is 0.490. The van der Waals surface area contributed by atoms with Gasteiger partial charge in [-0.3, -0.25) is 9.69 Å². The first-order chi connectivity index (χ1) is 15.0. The van der Waals surface area contributed by atoms with Crippen LogP contribution in [0.5, 0.6) is 0 Å². The fourth-order valence-corrected chi connectivity index (χ4v) is 4.62.